The first-order valence-corrected chi connectivity index (χ1v) is 8.67. The van der Waals surface area contributed by atoms with Gasteiger partial charge in [0.15, 0.2) is 6.10 Å². The number of aryl methyl sites for hydroxylation is 2. The summed E-state index contributed by atoms with van der Waals surface area (Å²) in [5.41, 5.74) is 3.58. The first-order valence-electron chi connectivity index (χ1n) is 7.87. The molecule has 0 fully saturated rings. The van der Waals surface area contributed by atoms with Gasteiger partial charge in [-0.2, -0.15) is 0 Å². The minimum atomic E-state index is -0.887. The van der Waals surface area contributed by atoms with Crippen LogP contribution in [0.25, 0.3) is 6.08 Å². The van der Waals surface area contributed by atoms with E-state index in [0.717, 1.165) is 26.9 Å². The summed E-state index contributed by atoms with van der Waals surface area (Å²) in [6.07, 6.45) is 2.07. The third-order valence-electron chi connectivity index (χ3n) is 3.59. The molecular formula is C20H20BrNO3. The Kier molecular flexibility index (Phi) is 6.53. The number of hydrogen-bond donors (Lipinski definition) is 1. The molecule has 0 aliphatic heterocycles. The molecule has 0 bridgehead atoms. The average molecular weight is 402 g/mol. The van der Waals surface area contributed by atoms with Gasteiger partial charge in [0.2, 0.25) is 0 Å². The van der Waals surface area contributed by atoms with Crippen molar-refractivity contribution in [3.8, 4) is 0 Å². The van der Waals surface area contributed by atoms with Gasteiger partial charge in [0.05, 0.1) is 0 Å². The van der Waals surface area contributed by atoms with Gasteiger partial charge in [0.25, 0.3) is 5.91 Å². The summed E-state index contributed by atoms with van der Waals surface area (Å²) in [7, 11) is 0. The van der Waals surface area contributed by atoms with Crippen LogP contribution in [0, 0.1) is 13.8 Å². The van der Waals surface area contributed by atoms with Crippen molar-refractivity contribution < 1.29 is 14.3 Å². The maximum Gasteiger partial charge on any atom is 0.331 e. The van der Waals surface area contributed by atoms with Gasteiger partial charge >= 0.3 is 5.97 Å². The molecule has 130 valence electrons. The zero-order chi connectivity index (χ0) is 18.4. The standard InChI is InChI=1S/C20H20BrNO3/c1-13-4-5-14(2)18(12-13)22-20(24)15(3)25-19(23)11-8-16-6-9-17(21)10-7-16/h4-12,15H,1-3H3,(H,22,24)/b11-8+/t15-/m1/s1. The molecule has 0 saturated carbocycles. The van der Waals surface area contributed by atoms with Crippen LogP contribution >= 0.6 is 15.9 Å². The number of rotatable bonds is 5. The van der Waals surface area contributed by atoms with E-state index in [1.165, 1.54) is 6.08 Å². The third kappa shape index (κ3) is 5.87. The number of nitrogens with one attached hydrogen (secondary N) is 1. The van der Waals surface area contributed by atoms with Crippen molar-refractivity contribution in [3.05, 3.63) is 69.7 Å². The Hall–Kier alpha value is -2.40. The number of carbonyl (C=O) groups excluding carboxylic acids is 2. The van der Waals surface area contributed by atoms with Gasteiger partial charge in [0, 0.05) is 16.2 Å². The SMILES string of the molecule is Cc1ccc(C)c(NC(=O)[C@@H](C)OC(=O)/C=C/c2ccc(Br)cc2)c1. The van der Waals surface area contributed by atoms with Gasteiger partial charge in [-0.25, -0.2) is 4.79 Å². The molecule has 0 radical (unpaired) electrons. The van der Waals surface area contributed by atoms with E-state index in [-0.39, 0.29) is 5.91 Å². The topological polar surface area (TPSA) is 55.4 Å². The Morgan fingerprint density at radius 3 is 2.48 bits per heavy atom. The highest BCUT2D eigenvalue weighted by Gasteiger charge is 2.17. The van der Waals surface area contributed by atoms with Crippen molar-refractivity contribution in [2.24, 2.45) is 0 Å². The van der Waals surface area contributed by atoms with Gasteiger partial charge < -0.3 is 10.1 Å². The van der Waals surface area contributed by atoms with Crippen LogP contribution in [0.3, 0.4) is 0 Å². The zero-order valence-electron chi connectivity index (χ0n) is 14.4. The van der Waals surface area contributed by atoms with Crippen molar-refractivity contribution in [3.63, 3.8) is 0 Å². The van der Waals surface area contributed by atoms with E-state index in [1.54, 1.807) is 13.0 Å². The van der Waals surface area contributed by atoms with Gasteiger partial charge in [-0.05, 0) is 61.7 Å². The second kappa shape index (κ2) is 8.62. The fourth-order valence-electron chi connectivity index (χ4n) is 2.11. The van der Waals surface area contributed by atoms with E-state index in [4.69, 9.17) is 4.74 Å². The molecule has 4 nitrogen and oxygen atoms in total. The molecule has 1 N–H and O–H groups in total. The summed E-state index contributed by atoms with van der Waals surface area (Å²) < 4.78 is 6.11. The van der Waals surface area contributed by atoms with Gasteiger partial charge in [-0.1, -0.05) is 40.2 Å². The monoisotopic (exact) mass is 401 g/mol. The molecule has 0 saturated heterocycles. The van der Waals surface area contributed by atoms with E-state index >= 15 is 0 Å². The fourth-order valence-corrected chi connectivity index (χ4v) is 2.37. The number of ether oxygens (including phenoxy) is 1. The maximum atomic E-state index is 12.2. The Labute approximate surface area is 156 Å². The summed E-state index contributed by atoms with van der Waals surface area (Å²) in [4.78, 5) is 24.1. The molecule has 0 heterocycles. The quantitative estimate of drug-likeness (QED) is 0.585. The number of amides is 1. The maximum absolute atomic E-state index is 12.2. The summed E-state index contributed by atoms with van der Waals surface area (Å²) in [6.45, 7) is 5.41. The fraction of sp³-hybridized carbons (Fsp3) is 0.200. The van der Waals surface area contributed by atoms with Gasteiger partial charge in [-0.15, -0.1) is 0 Å². The molecule has 2 rings (SSSR count). The van der Waals surface area contributed by atoms with Crippen molar-refractivity contribution in [2.45, 2.75) is 26.9 Å². The molecule has 1 atom stereocenters. The molecular weight excluding hydrogens is 382 g/mol. The molecule has 2 aromatic carbocycles. The van der Waals surface area contributed by atoms with Crippen molar-refractivity contribution in [1.82, 2.24) is 0 Å². The number of benzene rings is 2. The molecule has 0 aromatic heterocycles. The zero-order valence-corrected chi connectivity index (χ0v) is 16.0. The Morgan fingerprint density at radius 1 is 1.12 bits per heavy atom. The largest absolute Gasteiger partial charge is 0.449 e. The molecule has 0 aliphatic rings. The van der Waals surface area contributed by atoms with E-state index in [1.807, 2.05) is 56.3 Å². The number of carbonyl (C=O) groups is 2. The van der Waals surface area contributed by atoms with Gasteiger partial charge in [-0.3, -0.25) is 4.79 Å². The average Bonchev–Trinajstić information content (AvgIpc) is 2.57. The molecule has 5 heteroatoms. The van der Waals surface area contributed by atoms with Crippen LogP contribution < -0.4 is 5.32 Å². The van der Waals surface area contributed by atoms with Crippen LogP contribution in [0.15, 0.2) is 53.0 Å². The molecule has 25 heavy (non-hydrogen) atoms. The predicted molar refractivity (Wildman–Crippen MR) is 103 cm³/mol. The number of halogens is 1. The Morgan fingerprint density at radius 2 is 1.80 bits per heavy atom. The highest BCUT2D eigenvalue weighted by atomic mass is 79.9. The van der Waals surface area contributed by atoms with E-state index in [9.17, 15) is 9.59 Å². The molecule has 2 aromatic rings. The Balaban J connectivity index is 1.92. The van der Waals surface area contributed by atoms with Crippen molar-refractivity contribution in [1.29, 1.82) is 0 Å². The first-order chi connectivity index (χ1) is 11.8. The van der Waals surface area contributed by atoms with E-state index in [0.29, 0.717) is 0 Å². The lowest BCUT2D eigenvalue weighted by atomic mass is 10.1. The van der Waals surface area contributed by atoms with Crippen molar-refractivity contribution in [2.75, 3.05) is 5.32 Å². The third-order valence-corrected chi connectivity index (χ3v) is 4.12. The normalized spacial score (nSPS) is 12.0. The van der Waals surface area contributed by atoms with Crippen LogP contribution in [-0.4, -0.2) is 18.0 Å². The lowest BCUT2D eigenvalue weighted by Crippen LogP contribution is -2.29. The molecule has 0 unspecified atom stereocenters. The lowest BCUT2D eigenvalue weighted by Gasteiger charge is -2.14. The minimum absolute atomic E-state index is 0.362. The second-order valence-corrected chi connectivity index (χ2v) is 6.69. The van der Waals surface area contributed by atoms with E-state index < -0.39 is 12.1 Å². The number of hydrogen-bond acceptors (Lipinski definition) is 3. The van der Waals surface area contributed by atoms with Gasteiger partial charge in [0.1, 0.15) is 0 Å². The highest BCUT2D eigenvalue weighted by Crippen LogP contribution is 2.17. The minimum Gasteiger partial charge on any atom is -0.449 e. The summed E-state index contributed by atoms with van der Waals surface area (Å²) in [5, 5.41) is 2.79. The Bertz CT molecular complexity index is 797. The lowest BCUT2D eigenvalue weighted by molar-refractivity contribution is -0.148. The van der Waals surface area contributed by atoms with Crippen LogP contribution in [0.4, 0.5) is 5.69 Å². The number of esters is 1. The van der Waals surface area contributed by atoms with Crippen LogP contribution in [0.1, 0.15) is 23.6 Å². The summed E-state index contributed by atoms with van der Waals surface area (Å²) in [5.74, 6) is -0.925. The van der Waals surface area contributed by atoms with E-state index in [2.05, 4.69) is 21.2 Å². The van der Waals surface area contributed by atoms with Crippen LogP contribution in [0.2, 0.25) is 0 Å². The highest BCUT2D eigenvalue weighted by molar-refractivity contribution is 9.10. The number of anilines is 1. The molecule has 0 aliphatic carbocycles. The predicted octanol–water partition coefficient (Wildman–Crippen LogP) is 4.65. The molecule has 0 spiro atoms. The second-order valence-electron chi connectivity index (χ2n) is 5.77. The smallest absolute Gasteiger partial charge is 0.331 e. The molecule has 1 amide bonds. The summed E-state index contributed by atoms with van der Waals surface area (Å²) >= 11 is 3.35. The van der Waals surface area contributed by atoms with Crippen LogP contribution in [0.5, 0.6) is 0 Å². The van der Waals surface area contributed by atoms with Crippen molar-refractivity contribution >= 4 is 39.6 Å². The first kappa shape index (κ1) is 18.9. The summed E-state index contributed by atoms with van der Waals surface area (Å²) in [6, 6.07) is 13.3. The van der Waals surface area contributed by atoms with Crippen LogP contribution in [-0.2, 0) is 14.3 Å².